The second-order valence-electron chi connectivity index (χ2n) is 9.03. The average Bonchev–Trinajstić information content (AvgIpc) is 2.95. The van der Waals surface area contributed by atoms with E-state index in [4.69, 9.17) is 9.47 Å². The first-order valence-corrected chi connectivity index (χ1v) is 10.2. The molecule has 30 heavy (non-hydrogen) atoms. The maximum atomic E-state index is 13.0. The van der Waals surface area contributed by atoms with Crippen molar-refractivity contribution in [1.82, 2.24) is 9.80 Å². The molecule has 1 fully saturated rings. The van der Waals surface area contributed by atoms with Crippen LogP contribution in [0.3, 0.4) is 0 Å². The first kappa shape index (κ1) is 21.9. The van der Waals surface area contributed by atoms with Gasteiger partial charge in [-0.25, -0.2) is 4.79 Å². The zero-order valence-corrected chi connectivity index (χ0v) is 18.1. The summed E-state index contributed by atoms with van der Waals surface area (Å²) in [7, 11) is 0. The van der Waals surface area contributed by atoms with E-state index in [1.165, 1.54) is 12.1 Å². The van der Waals surface area contributed by atoms with E-state index in [0.29, 0.717) is 43.6 Å². The van der Waals surface area contributed by atoms with Crippen LogP contribution in [0.5, 0.6) is 5.75 Å². The van der Waals surface area contributed by atoms with Crippen LogP contribution in [0, 0.1) is 10.1 Å². The number of amides is 2. The van der Waals surface area contributed by atoms with E-state index in [-0.39, 0.29) is 35.6 Å². The summed E-state index contributed by atoms with van der Waals surface area (Å²) in [6.45, 7) is 10.4. The van der Waals surface area contributed by atoms with Gasteiger partial charge in [-0.05, 0) is 53.0 Å². The molecule has 0 bridgehead atoms. The number of rotatable bonds is 4. The van der Waals surface area contributed by atoms with Crippen LogP contribution in [0.4, 0.5) is 10.5 Å². The fraction of sp³-hybridized carbons (Fsp3) is 0.619. The lowest BCUT2D eigenvalue weighted by Gasteiger charge is -2.37. The van der Waals surface area contributed by atoms with Gasteiger partial charge in [0.15, 0.2) is 5.75 Å². The van der Waals surface area contributed by atoms with Gasteiger partial charge in [-0.3, -0.25) is 14.9 Å². The van der Waals surface area contributed by atoms with E-state index in [1.54, 1.807) is 23.6 Å². The average molecular weight is 419 g/mol. The summed E-state index contributed by atoms with van der Waals surface area (Å²) in [5.74, 6) is -0.0343. The van der Waals surface area contributed by atoms with Crippen LogP contribution in [0.1, 0.15) is 63.4 Å². The van der Waals surface area contributed by atoms with Gasteiger partial charge in [0.25, 0.3) is 5.91 Å². The smallest absolute Gasteiger partial charge is 0.410 e. The molecule has 0 aliphatic carbocycles. The molecule has 0 atom stereocenters. The molecule has 2 aliphatic rings. The van der Waals surface area contributed by atoms with Crippen molar-refractivity contribution in [3.8, 4) is 5.75 Å². The molecule has 0 saturated carbocycles. The lowest BCUT2D eigenvalue weighted by molar-refractivity contribution is -0.386. The number of hydrogen-bond acceptors (Lipinski definition) is 6. The number of carbonyl (C=O) groups excluding carboxylic acids is 2. The Morgan fingerprint density at radius 2 is 1.87 bits per heavy atom. The minimum atomic E-state index is -0.551. The van der Waals surface area contributed by atoms with Gasteiger partial charge in [-0.15, -0.1) is 0 Å². The predicted octanol–water partition coefficient (Wildman–Crippen LogP) is 3.74. The highest BCUT2D eigenvalue weighted by Crippen LogP contribution is 2.37. The number of piperidine rings is 1. The van der Waals surface area contributed by atoms with Gasteiger partial charge in [-0.2, -0.15) is 0 Å². The van der Waals surface area contributed by atoms with Crippen LogP contribution >= 0.6 is 0 Å². The first-order valence-electron chi connectivity index (χ1n) is 10.2. The molecule has 2 aliphatic heterocycles. The van der Waals surface area contributed by atoms with Gasteiger partial charge in [0.1, 0.15) is 5.60 Å². The molecule has 0 radical (unpaired) electrons. The summed E-state index contributed by atoms with van der Waals surface area (Å²) in [5, 5.41) is 11.4. The molecule has 0 N–H and O–H groups in total. The summed E-state index contributed by atoms with van der Waals surface area (Å²) in [6, 6.07) is 2.91. The minimum Gasteiger partial charge on any atom is -0.484 e. The maximum absolute atomic E-state index is 13.0. The molecule has 0 aromatic heterocycles. The van der Waals surface area contributed by atoms with Crippen molar-refractivity contribution in [3.63, 3.8) is 0 Å². The predicted molar refractivity (Wildman–Crippen MR) is 110 cm³/mol. The second kappa shape index (κ2) is 8.12. The van der Waals surface area contributed by atoms with E-state index in [2.05, 4.69) is 0 Å². The Hall–Kier alpha value is -2.84. The Balaban J connectivity index is 1.71. The summed E-state index contributed by atoms with van der Waals surface area (Å²) in [5.41, 5.74) is 0.408. The van der Waals surface area contributed by atoms with Crippen LogP contribution in [-0.4, -0.2) is 57.6 Å². The molecule has 164 valence electrons. The third-order valence-electron chi connectivity index (χ3n) is 5.13. The van der Waals surface area contributed by atoms with Crippen molar-refractivity contribution in [2.45, 2.75) is 71.8 Å². The standard InChI is InChI=1S/C21H29N3O6/c1-13(2)29-18-11-16-14(10-17(18)24(27)28)12-23(19(16)25)15-6-8-22(9-7-15)20(26)30-21(3,4)5/h10-11,13,15H,6-9,12H2,1-5H3. The summed E-state index contributed by atoms with van der Waals surface area (Å²) < 4.78 is 11.0. The molecule has 1 saturated heterocycles. The van der Waals surface area contributed by atoms with Gasteiger partial charge in [0.2, 0.25) is 0 Å². The quantitative estimate of drug-likeness (QED) is 0.544. The molecule has 9 nitrogen and oxygen atoms in total. The van der Waals surface area contributed by atoms with Gasteiger partial charge < -0.3 is 19.3 Å². The normalized spacial score (nSPS) is 17.3. The third kappa shape index (κ3) is 4.66. The molecule has 0 spiro atoms. The van der Waals surface area contributed by atoms with E-state index in [9.17, 15) is 19.7 Å². The molecular weight excluding hydrogens is 390 g/mol. The fourth-order valence-electron chi connectivity index (χ4n) is 3.82. The lowest BCUT2D eigenvalue weighted by Crippen LogP contribution is -2.48. The largest absolute Gasteiger partial charge is 0.484 e. The van der Waals surface area contributed by atoms with Gasteiger partial charge >= 0.3 is 11.8 Å². The van der Waals surface area contributed by atoms with Crippen LogP contribution in [0.2, 0.25) is 0 Å². The van der Waals surface area contributed by atoms with Crippen LogP contribution in [0.25, 0.3) is 0 Å². The Bertz CT molecular complexity index is 853. The SMILES string of the molecule is CC(C)Oc1cc2c(cc1[N+](=O)[O-])CN(C1CCN(C(=O)OC(C)(C)C)CC1)C2=O. The highest BCUT2D eigenvalue weighted by molar-refractivity contribution is 5.99. The van der Waals surface area contributed by atoms with Gasteiger partial charge in [0, 0.05) is 43.4 Å². The van der Waals surface area contributed by atoms with Crippen molar-refractivity contribution < 1.29 is 24.0 Å². The van der Waals surface area contributed by atoms with Crippen LogP contribution < -0.4 is 4.74 Å². The molecule has 2 amide bonds. The number of hydrogen-bond donors (Lipinski definition) is 0. The zero-order chi connectivity index (χ0) is 22.2. The molecule has 2 heterocycles. The molecule has 3 rings (SSSR count). The zero-order valence-electron chi connectivity index (χ0n) is 18.1. The number of likely N-dealkylation sites (tertiary alicyclic amines) is 1. The van der Waals surface area contributed by atoms with Crippen molar-refractivity contribution in [1.29, 1.82) is 0 Å². The summed E-state index contributed by atoms with van der Waals surface area (Å²) in [6.07, 6.45) is 0.682. The number of nitrogens with zero attached hydrogens (tertiary/aromatic N) is 3. The third-order valence-corrected chi connectivity index (χ3v) is 5.13. The highest BCUT2D eigenvalue weighted by Gasteiger charge is 2.38. The first-order chi connectivity index (χ1) is 14.0. The minimum absolute atomic E-state index is 0.0305. The topological polar surface area (TPSA) is 102 Å². The number of carbonyl (C=O) groups is 2. The van der Waals surface area contributed by atoms with Gasteiger partial charge in [0.05, 0.1) is 11.0 Å². The summed E-state index contributed by atoms with van der Waals surface area (Å²) in [4.78, 5) is 39.6. The second-order valence-corrected chi connectivity index (χ2v) is 9.03. The molecular formula is C21H29N3O6. The Morgan fingerprint density at radius 3 is 2.40 bits per heavy atom. The Kier molecular flexibility index (Phi) is 5.92. The number of nitro groups is 1. The summed E-state index contributed by atoms with van der Waals surface area (Å²) >= 11 is 0. The van der Waals surface area contributed by atoms with Crippen molar-refractivity contribution in [2.24, 2.45) is 0 Å². The van der Waals surface area contributed by atoms with E-state index in [0.717, 1.165) is 0 Å². The molecule has 9 heteroatoms. The van der Waals surface area contributed by atoms with Crippen molar-refractivity contribution in [3.05, 3.63) is 33.4 Å². The number of fused-ring (bicyclic) bond motifs is 1. The Morgan fingerprint density at radius 1 is 1.23 bits per heavy atom. The van der Waals surface area contributed by atoms with Crippen molar-refractivity contribution in [2.75, 3.05) is 13.1 Å². The molecule has 0 unspecified atom stereocenters. The highest BCUT2D eigenvalue weighted by atomic mass is 16.6. The number of benzene rings is 1. The van der Waals surface area contributed by atoms with E-state index >= 15 is 0 Å². The van der Waals surface area contributed by atoms with Crippen LogP contribution in [-0.2, 0) is 11.3 Å². The van der Waals surface area contributed by atoms with Crippen LogP contribution in [0.15, 0.2) is 12.1 Å². The monoisotopic (exact) mass is 419 g/mol. The van der Waals surface area contributed by atoms with E-state index < -0.39 is 10.5 Å². The Labute approximate surface area is 176 Å². The van der Waals surface area contributed by atoms with Gasteiger partial charge in [-0.1, -0.05) is 0 Å². The van der Waals surface area contributed by atoms with E-state index in [1.807, 2.05) is 20.8 Å². The maximum Gasteiger partial charge on any atom is 0.410 e. The van der Waals surface area contributed by atoms with Crippen molar-refractivity contribution >= 4 is 17.7 Å². The number of nitro benzene ring substituents is 1. The number of ether oxygens (including phenoxy) is 2. The fourth-order valence-corrected chi connectivity index (χ4v) is 3.82. The lowest BCUT2D eigenvalue weighted by atomic mass is 10.0. The molecule has 1 aromatic carbocycles. The molecule has 1 aromatic rings.